The molecule has 4 unspecified atom stereocenters. The van der Waals surface area contributed by atoms with E-state index in [1.807, 2.05) is 0 Å². The molecule has 3 nitrogen and oxygen atoms in total. The molecule has 19 heavy (non-hydrogen) atoms. The van der Waals surface area contributed by atoms with Crippen molar-refractivity contribution in [1.29, 1.82) is 0 Å². The Balaban J connectivity index is 1.64. The second-order valence-electron chi connectivity index (χ2n) is 6.58. The molecule has 4 atom stereocenters. The van der Waals surface area contributed by atoms with Crippen LogP contribution < -0.4 is 5.73 Å². The molecular weight excluding hydrogens is 258 g/mol. The number of hydrogen-bond acceptors (Lipinski definition) is 4. The molecule has 4 heteroatoms. The Hall–Kier alpha value is 0.230. The van der Waals surface area contributed by atoms with Gasteiger partial charge in [-0.05, 0) is 55.4 Å². The molecule has 2 N–H and O–H groups in total. The minimum Gasteiger partial charge on any atom is -0.376 e. The van der Waals surface area contributed by atoms with Crippen LogP contribution in [0.3, 0.4) is 0 Å². The van der Waals surface area contributed by atoms with Gasteiger partial charge < -0.3 is 15.2 Å². The molecule has 3 aliphatic rings. The summed E-state index contributed by atoms with van der Waals surface area (Å²) < 4.78 is 12.1. The number of thioether (sulfide) groups is 1. The van der Waals surface area contributed by atoms with Gasteiger partial charge in [0, 0.05) is 19.3 Å². The zero-order chi connectivity index (χ0) is 13.3. The van der Waals surface area contributed by atoms with Gasteiger partial charge in [-0.3, -0.25) is 0 Å². The predicted octanol–water partition coefficient (Wildman–Crippen LogP) is 2.43. The molecule has 3 saturated heterocycles. The van der Waals surface area contributed by atoms with Gasteiger partial charge in [0.05, 0.1) is 11.7 Å². The van der Waals surface area contributed by atoms with Crippen molar-refractivity contribution in [2.45, 2.75) is 56.8 Å². The van der Waals surface area contributed by atoms with Crippen LogP contribution in [0.4, 0.5) is 0 Å². The van der Waals surface area contributed by atoms with Crippen LogP contribution >= 0.6 is 11.8 Å². The summed E-state index contributed by atoms with van der Waals surface area (Å²) in [5.41, 5.74) is 6.69. The molecule has 0 aliphatic carbocycles. The van der Waals surface area contributed by atoms with Crippen LogP contribution in [0.25, 0.3) is 0 Å². The van der Waals surface area contributed by atoms with Gasteiger partial charge in [0.25, 0.3) is 0 Å². The van der Waals surface area contributed by atoms with E-state index in [0.29, 0.717) is 11.8 Å². The molecule has 0 aromatic rings. The largest absolute Gasteiger partial charge is 0.376 e. The summed E-state index contributed by atoms with van der Waals surface area (Å²) in [5, 5.41) is 0. The summed E-state index contributed by atoms with van der Waals surface area (Å²) in [4.78, 5) is 0. The smallest absolute Gasteiger partial charge is 0.0754 e. The van der Waals surface area contributed by atoms with Gasteiger partial charge in [0.15, 0.2) is 0 Å². The third-order valence-electron chi connectivity index (χ3n) is 5.30. The molecule has 0 saturated carbocycles. The highest BCUT2D eigenvalue weighted by Gasteiger charge is 2.43. The van der Waals surface area contributed by atoms with E-state index in [4.69, 9.17) is 15.2 Å². The molecule has 110 valence electrons. The first-order valence-electron chi connectivity index (χ1n) is 7.79. The molecule has 3 fully saturated rings. The first-order chi connectivity index (χ1) is 9.20. The highest BCUT2D eigenvalue weighted by Crippen LogP contribution is 2.41. The van der Waals surface area contributed by atoms with Crippen molar-refractivity contribution < 1.29 is 9.47 Å². The zero-order valence-electron chi connectivity index (χ0n) is 12.0. The number of hydrogen-bond donors (Lipinski definition) is 1. The zero-order valence-corrected chi connectivity index (χ0v) is 12.8. The van der Waals surface area contributed by atoms with Crippen LogP contribution in [0.15, 0.2) is 0 Å². The molecule has 0 radical (unpaired) electrons. The minimum absolute atomic E-state index is 0.146. The van der Waals surface area contributed by atoms with Gasteiger partial charge >= 0.3 is 0 Å². The van der Waals surface area contributed by atoms with E-state index in [0.717, 1.165) is 26.1 Å². The summed E-state index contributed by atoms with van der Waals surface area (Å²) in [7, 11) is 0. The fourth-order valence-corrected chi connectivity index (χ4v) is 5.20. The standard InChI is InChI=1S/C15H27NO2S/c1-11-2-6-17-14(11)13(16)12-3-7-18-15(10-12)4-8-19-9-5-15/h11-14H,2-10,16H2,1H3. The van der Waals surface area contributed by atoms with Crippen molar-refractivity contribution in [3.8, 4) is 0 Å². The SMILES string of the molecule is CC1CCOC1C(N)C1CCOC2(CCSCC2)C1. The van der Waals surface area contributed by atoms with Crippen LogP contribution in [-0.2, 0) is 9.47 Å². The summed E-state index contributed by atoms with van der Waals surface area (Å²) >= 11 is 2.06. The first-order valence-corrected chi connectivity index (χ1v) is 8.95. The molecule has 3 heterocycles. The molecule has 3 rings (SSSR count). The highest BCUT2D eigenvalue weighted by molar-refractivity contribution is 7.99. The molecule has 0 aromatic heterocycles. The van der Waals surface area contributed by atoms with Crippen molar-refractivity contribution in [2.75, 3.05) is 24.7 Å². The average molecular weight is 285 g/mol. The van der Waals surface area contributed by atoms with Crippen LogP contribution in [0, 0.1) is 11.8 Å². The fourth-order valence-electron chi connectivity index (χ4n) is 3.96. The Morgan fingerprint density at radius 2 is 2.00 bits per heavy atom. The van der Waals surface area contributed by atoms with Crippen molar-refractivity contribution in [1.82, 2.24) is 0 Å². The monoisotopic (exact) mass is 285 g/mol. The second-order valence-corrected chi connectivity index (χ2v) is 7.80. The Morgan fingerprint density at radius 3 is 2.68 bits per heavy atom. The van der Waals surface area contributed by atoms with E-state index in [-0.39, 0.29) is 17.7 Å². The van der Waals surface area contributed by atoms with E-state index >= 15 is 0 Å². The minimum atomic E-state index is 0.146. The van der Waals surface area contributed by atoms with E-state index in [9.17, 15) is 0 Å². The lowest BCUT2D eigenvalue weighted by Crippen LogP contribution is -2.51. The highest BCUT2D eigenvalue weighted by atomic mass is 32.2. The maximum atomic E-state index is 6.55. The normalized spacial score (nSPS) is 40.4. The third-order valence-corrected chi connectivity index (χ3v) is 6.29. The van der Waals surface area contributed by atoms with Crippen LogP contribution in [0.1, 0.15) is 39.0 Å². The quantitative estimate of drug-likeness (QED) is 0.846. The molecule has 0 aromatic carbocycles. The molecular formula is C15H27NO2S. The fraction of sp³-hybridized carbons (Fsp3) is 1.00. The molecule has 3 aliphatic heterocycles. The number of nitrogens with two attached hydrogens (primary N) is 1. The van der Waals surface area contributed by atoms with Crippen molar-refractivity contribution in [2.24, 2.45) is 17.6 Å². The Labute approximate surface area is 121 Å². The maximum absolute atomic E-state index is 6.55. The Bertz CT molecular complexity index is 301. The van der Waals surface area contributed by atoms with E-state index in [1.54, 1.807) is 0 Å². The summed E-state index contributed by atoms with van der Waals surface area (Å²) in [6, 6.07) is 0.202. The van der Waals surface area contributed by atoms with Crippen LogP contribution in [0.2, 0.25) is 0 Å². The second kappa shape index (κ2) is 5.92. The van der Waals surface area contributed by atoms with Gasteiger partial charge in [0.1, 0.15) is 0 Å². The van der Waals surface area contributed by atoms with Crippen molar-refractivity contribution in [3.63, 3.8) is 0 Å². The maximum Gasteiger partial charge on any atom is 0.0754 e. The van der Waals surface area contributed by atoms with Crippen LogP contribution in [-0.4, -0.2) is 42.5 Å². The van der Waals surface area contributed by atoms with Gasteiger partial charge in [-0.15, -0.1) is 0 Å². The van der Waals surface area contributed by atoms with Gasteiger partial charge in [-0.25, -0.2) is 0 Å². The Morgan fingerprint density at radius 1 is 1.21 bits per heavy atom. The van der Waals surface area contributed by atoms with Gasteiger partial charge in [0.2, 0.25) is 0 Å². The van der Waals surface area contributed by atoms with Gasteiger partial charge in [-0.2, -0.15) is 11.8 Å². The van der Waals surface area contributed by atoms with Crippen molar-refractivity contribution >= 4 is 11.8 Å². The number of ether oxygens (including phenoxy) is 2. The lowest BCUT2D eigenvalue weighted by Gasteiger charge is -2.45. The molecule has 0 amide bonds. The van der Waals surface area contributed by atoms with E-state index in [2.05, 4.69) is 18.7 Å². The number of rotatable bonds is 2. The van der Waals surface area contributed by atoms with E-state index < -0.39 is 0 Å². The van der Waals surface area contributed by atoms with E-state index in [1.165, 1.54) is 30.8 Å². The summed E-state index contributed by atoms with van der Waals surface area (Å²) in [6.07, 6.45) is 6.13. The van der Waals surface area contributed by atoms with Crippen LogP contribution in [0.5, 0.6) is 0 Å². The predicted molar refractivity (Wildman–Crippen MR) is 79.5 cm³/mol. The van der Waals surface area contributed by atoms with Gasteiger partial charge in [-0.1, -0.05) is 6.92 Å². The lowest BCUT2D eigenvalue weighted by atomic mass is 9.76. The van der Waals surface area contributed by atoms with Crippen molar-refractivity contribution in [3.05, 3.63) is 0 Å². The molecule has 1 spiro atoms. The summed E-state index contributed by atoms with van der Waals surface area (Å²) in [6.45, 7) is 4.07. The summed E-state index contributed by atoms with van der Waals surface area (Å²) in [5.74, 6) is 3.70. The topological polar surface area (TPSA) is 44.5 Å². The molecule has 0 bridgehead atoms. The average Bonchev–Trinajstić information content (AvgIpc) is 2.85. The Kier molecular flexibility index (Phi) is 4.42. The third kappa shape index (κ3) is 2.97. The first kappa shape index (κ1) is 14.2. The lowest BCUT2D eigenvalue weighted by molar-refractivity contribution is -0.112.